The highest BCUT2D eigenvalue weighted by atomic mass is 35.5. The molecule has 0 aromatic heterocycles. The number of aliphatic hydroxyl groups excluding tert-OH is 1. The van der Waals surface area contributed by atoms with Crippen molar-refractivity contribution in [1.29, 1.82) is 0 Å². The predicted molar refractivity (Wildman–Crippen MR) is 157 cm³/mol. The van der Waals surface area contributed by atoms with Gasteiger partial charge in [-0.1, -0.05) is 54.1 Å². The van der Waals surface area contributed by atoms with Crippen LogP contribution in [-0.2, 0) is 26.0 Å². The van der Waals surface area contributed by atoms with Crippen LogP contribution in [0.25, 0.3) is 11.1 Å². The van der Waals surface area contributed by atoms with E-state index in [2.05, 4.69) is 23.3 Å². The smallest absolute Gasteiger partial charge is 0.264 e. The van der Waals surface area contributed by atoms with Crippen molar-refractivity contribution >= 4 is 52.0 Å². The van der Waals surface area contributed by atoms with Crippen molar-refractivity contribution in [2.24, 2.45) is 5.92 Å². The molecule has 9 nitrogen and oxygen atoms in total. The average molecular weight is 604 g/mol. The molecule has 12 heteroatoms. The Balaban J connectivity index is 1.57. The van der Waals surface area contributed by atoms with Crippen molar-refractivity contribution in [3.63, 3.8) is 0 Å². The highest BCUT2D eigenvalue weighted by Gasteiger charge is 2.24. The van der Waals surface area contributed by atoms with Crippen LogP contribution in [0.2, 0.25) is 5.02 Å². The number of nitrogens with one attached hydrogen (secondary N) is 3. The number of amides is 3. The quantitative estimate of drug-likeness (QED) is 0.159. The van der Waals surface area contributed by atoms with Gasteiger partial charge in [-0.2, -0.15) is 12.6 Å². The molecular weight excluding hydrogens is 574 g/mol. The zero-order valence-corrected chi connectivity index (χ0v) is 24.1. The molecule has 3 rings (SSSR count). The lowest BCUT2D eigenvalue weighted by Crippen LogP contribution is -2.38. The Bertz CT molecular complexity index is 1460. The van der Waals surface area contributed by atoms with E-state index in [9.17, 15) is 27.9 Å². The summed E-state index contributed by atoms with van der Waals surface area (Å²) < 4.78 is 27.3. The Kier molecular flexibility index (Phi) is 11.1. The van der Waals surface area contributed by atoms with Crippen LogP contribution in [0.1, 0.15) is 22.8 Å². The molecule has 212 valence electrons. The molecule has 0 unspecified atom stereocenters. The van der Waals surface area contributed by atoms with Crippen molar-refractivity contribution in [3.8, 4) is 11.1 Å². The number of hydrogen-bond donors (Lipinski definition) is 5. The molecule has 0 radical (unpaired) electrons. The van der Waals surface area contributed by atoms with Gasteiger partial charge >= 0.3 is 0 Å². The number of rotatable bonds is 12. The van der Waals surface area contributed by atoms with Crippen LogP contribution in [0.5, 0.6) is 0 Å². The van der Waals surface area contributed by atoms with E-state index in [0.29, 0.717) is 33.9 Å². The van der Waals surface area contributed by atoms with E-state index in [1.807, 2.05) is 22.9 Å². The lowest BCUT2D eigenvalue weighted by Gasteiger charge is -2.15. The van der Waals surface area contributed by atoms with Gasteiger partial charge in [0.2, 0.25) is 5.91 Å². The minimum absolute atomic E-state index is 0.146. The fourth-order valence-electron chi connectivity index (χ4n) is 3.81. The fourth-order valence-corrected chi connectivity index (χ4v) is 5.60. The van der Waals surface area contributed by atoms with Crippen molar-refractivity contribution < 1.29 is 27.9 Å². The van der Waals surface area contributed by atoms with Crippen LogP contribution >= 0.6 is 24.2 Å². The number of hydrogen-bond acceptors (Lipinski definition) is 7. The normalized spacial score (nSPS) is 12.7. The van der Waals surface area contributed by atoms with Gasteiger partial charge in [0.05, 0.1) is 10.8 Å². The van der Waals surface area contributed by atoms with Gasteiger partial charge < -0.3 is 15.7 Å². The van der Waals surface area contributed by atoms with Gasteiger partial charge in [0.15, 0.2) is 0 Å². The first kappa shape index (κ1) is 31.2. The molecule has 0 aliphatic heterocycles. The number of sulfonamides is 1. The zero-order valence-electron chi connectivity index (χ0n) is 21.6. The van der Waals surface area contributed by atoms with Gasteiger partial charge in [-0.15, -0.1) is 0 Å². The summed E-state index contributed by atoms with van der Waals surface area (Å²) in [6.45, 7) is 1.59. The number of halogens is 1. The molecule has 0 heterocycles. The van der Waals surface area contributed by atoms with Crippen molar-refractivity contribution in [2.75, 3.05) is 18.8 Å². The third-order valence-electron chi connectivity index (χ3n) is 5.92. The molecule has 0 aliphatic rings. The summed E-state index contributed by atoms with van der Waals surface area (Å²) in [4.78, 5) is 36.8. The number of carbonyl (C=O) groups excluding carboxylic acids is 3. The number of thiol groups is 1. The van der Waals surface area contributed by atoms with Crippen LogP contribution in [0.3, 0.4) is 0 Å². The molecule has 3 aromatic rings. The topological polar surface area (TPSA) is 142 Å². The molecule has 0 fully saturated rings. The first-order chi connectivity index (χ1) is 19.0. The Morgan fingerprint density at radius 1 is 0.925 bits per heavy atom. The number of carbonyl (C=O) groups is 3. The van der Waals surface area contributed by atoms with E-state index in [-0.39, 0.29) is 35.7 Å². The zero-order chi connectivity index (χ0) is 29.3. The third kappa shape index (κ3) is 8.56. The van der Waals surface area contributed by atoms with Gasteiger partial charge in [-0.25, -0.2) is 13.1 Å². The molecule has 40 heavy (non-hydrogen) atoms. The molecule has 3 amide bonds. The monoisotopic (exact) mass is 603 g/mol. The second-order valence-electron chi connectivity index (χ2n) is 8.98. The van der Waals surface area contributed by atoms with E-state index in [1.54, 1.807) is 42.5 Å². The second-order valence-corrected chi connectivity index (χ2v) is 11.4. The SMILES string of the molecule is C[C@H](O)C(=O)NS(=O)(=O)c1ccccc1-c1ccc(C(=O)NCCNC(=O)[C@@H](CS)Cc2cccc(Cl)c2)cc1. The molecule has 0 bridgehead atoms. The van der Waals surface area contributed by atoms with Crippen LogP contribution in [0.4, 0.5) is 0 Å². The number of aliphatic hydroxyl groups is 1. The van der Waals surface area contributed by atoms with Crippen LogP contribution in [-0.4, -0.2) is 56.2 Å². The van der Waals surface area contributed by atoms with Gasteiger partial charge in [-0.3, -0.25) is 14.4 Å². The van der Waals surface area contributed by atoms with Crippen molar-refractivity contribution in [1.82, 2.24) is 15.4 Å². The Labute approximate surface area is 243 Å². The summed E-state index contributed by atoms with van der Waals surface area (Å²) in [7, 11) is -4.24. The summed E-state index contributed by atoms with van der Waals surface area (Å²) in [5, 5.41) is 15.5. The highest BCUT2D eigenvalue weighted by molar-refractivity contribution is 7.90. The molecular formula is C28H30ClN3O6S2. The Morgan fingerprint density at radius 2 is 1.60 bits per heavy atom. The van der Waals surface area contributed by atoms with Crippen LogP contribution in [0, 0.1) is 5.92 Å². The summed E-state index contributed by atoms with van der Waals surface area (Å²) in [5.74, 6) is -1.58. The Morgan fingerprint density at radius 3 is 2.25 bits per heavy atom. The predicted octanol–water partition coefficient (Wildman–Crippen LogP) is 2.83. The summed E-state index contributed by atoms with van der Waals surface area (Å²) in [6, 6.07) is 19.6. The van der Waals surface area contributed by atoms with Gasteiger partial charge in [0.25, 0.3) is 21.8 Å². The maximum Gasteiger partial charge on any atom is 0.264 e. The average Bonchev–Trinajstić information content (AvgIpc) is 2.93. The molecule has 4 N–H and O–H groups in total. The first-order valence-electron chi connectivity index (χ1n) is 12.4. The van der Waals surface area contributed by atoms with E-state index >= 15 is 0 Å². The van der Waals surface area contributed by atoms with E-state index < -0.39 is 22.0 Å². The fraction of sp³-hybridized carbons (Fsp3) is 0.250. The van der Waals surface area contributed by atoms with E-state index in [0.717, 1.165) is 12.5 Å². The van der Waals surface area contributed by atoms with Crippen molar-refractivity contribution in [2.45, 2.75) is 24.3 Å². The maximum atomic E-state index is 12.7. The third-order valence-corrected chi connectivity index (χ3v) is 8.00. The standard InChI is InChI=1S/C28H30ClN3O6S2/c1-18(33)26(34)32-40(37,38)25-8-3-2-7-24(25)20-9-11-21(12-10-20)27(35)30-13-14-31-28(36)22(17-39)15-19-5-4-6-23(29)16-19/h2-12,16,18,22,33,39H,13-15,17H2,1H3,(H,30,35)(H,31,36)(H,32,34)/t18-,22+/m0/s1. The van der Waals surface area contributed by atoms with Gasteiger partial charge in [0.1, 0.15) is 6.10 Å². The van der Waals surface area contributed by atoms with Gasteiger partial charge in [-0.05, 0) is 54.8 Å². The summed E-state index contributed by atoms with van der Waals surface area (Å²) in [6.07, 6.45) is -1.00. The van der Waals surface area contributed by atoms with Crippen LogP contribution in [0.15, 0.2) is 77.7 Å². The van der Waals surface area contributed by atoms with E-state index in [4.69, 9.17) is 11.6 Å². The van der Waals surface area contributed by atoms with Gasteiger partial charge in [0, 0.05) is 35.0 Å². The molecule has 0 saturated carbocycles. The summed E-state index contributed by atoms with van der Waals surface area (Å²) in [5.41, 5.74) is 2.10. The lowest BCUT2D eigenvalue weighted by atomic mass is 10.0. The molecule has 2 atom stereocenters. The minimum atomic E-state index is -4.24. The second kappa shape index (κ2) is 14.3. The van der Waals surface area contributed by atoms with Crippen molar-refractivity contribution in [3.05, 3.63) is 88.9 Å². The first-order valence-corrected chi connectivity index (χ1v) is 14.9. The number of benzene rings is 3. The highest BCUT2D eigenvalue weighted by Crippen LogP contribution is 2.27. The molecule has 3 aromatic carbocycles. The minimum Gasteiger partial charge on any atom is -0.384 e. The van der Waals surface area contributed by atoms with E-state index in [1.165, 1.54) is 12.1 Å². The molecule has 0 saturated heterocycles. The summed E-state index contributed by atoms with van der Waals surface area (Å²) >= 11 is 10.3. The maximum absolute atomic E-state index is 12.7. The Hall–Kier alpha value is -3.38. The van der Waals surface area contributed by atoms with Crippen LogP contribution < -0.4 is 15.4 Å². The molecule has 0 spiro atoms. The lowest BCUT2D eigenvalue weighted by molar-refractivity contribution is -0.126. The molecule has 0 aliphatic carbocycles. The largest absolute Gasteiger partial charge is 0.384 e.